The van der Waals surface area contributed by atoms with Crippen LogP contribution >= 0.6 is 0 Å². The van der Waals surface area contributed by atoms with E-state index in [-0.39, 0.29) is 23.3 Å². The van der Waals surface area contributed by atoms with E-state index < -0.39 is 11.7 Å². The van der Waals surface area contributed by atoms with Gasteiger partial charge in [0.1, 0.15) is 0 Å². The highest BCUT2D eigenvalue weighted by Gasteiger charge is 2.30. The Morgan fingerprint density at radius 3 is 2.44 bits per heavy atom. The van der Waals surface area contributed by atoms with E-state index in [0.29, 0.717) is 6.54 Å². The highest BCUT2D eigenvalue weighted by atomic mass is 19.4. The van der Waals surface area contributed by atoms with E-state index in [1.807, 2.05) is 37.3 Å². The fourth-order valence-electron chi connectivity index (χ4n) is 2.38. The number of hydrogen-bond donors (Lipinski definition) is 1. The van der Waals surface area contributed by atoms with Gasteiger partial charge < -0.3 is 5.32 Å². The summed E-state index contributed by atoms with van der Waals surface area (Å²) in [5.41, 5.74) is 0.572. The molecule has 1 N–H and O–H groups in total. The topological polar surface area (TPSA) is 29.1 Å². The van der Waals surface area contributed by atoms with Crippen LogP contribution in [-0.2, 0) is 17.4 Å². The summed E-state index contributed by atoms with van der Waals surface area (Å²) in [6.07, 6.45) is -1.94. The molecule has 0 spiro atoms. The lowest BCUT2D eigenvalue weighted by atomic mass is 9.96. The van der Waals surface area contributed by atoms with Crippen molar-refractivity contribution in [1.29, 1.82) is 0 Å². The van der Waals surface area contributed by atoms with Gasteiger partial charge in [-0.25, -0.2) is 0 Å². The maximum atomic E-state index is 13.0. The van der Waals surface area contributed by atoms with Crippen LogP contribution in [0.2, 0.25) is 0 Å². The van der Waals surface area contributed by atoms with E-state index in [4.69, 9.17) is 0 Å². The zero-order valence-electron chi connectivity index (χ0n) is 13.9. The van der Waals surface area contributed by atoms with E-state index in [9.17, 15) is 18.0 Å². The Labute approximate surface area is 145 Å². The molecule has 2 nitrogen and oxygen atoms in total. The molecule has 0 aliphatic heterocycles. The van der Waals surface area contributed by atoms with Crippen molar-refractivity contribution >= 4 is 11.4 Å². The molecule has 0 radical (unpaired) electrons. The molecule has 0 atom stereocenters. The summed E-state index contributed by atoms with van der Waals surface area (Å²) >= 11 is 0. The van der Waals surface area contributed by atoms with Gasteiger partial charge in [-0.05, 0) is 29.7 Å². The smallest absolute Gasteiger partial charge is 0.390 e. The second kappa shape index (κ2) is 8.51. The first-order chi connectivity index (χ1) is 11.9. The van der Waals surface area contributed by atoms with Crippen molar-refractivity contribution in [3.8, 4) is 0 Å². The third-order valence-electron chi connectivity index (χ3n) is 3.65. The molecule has 2 aromatic rings. The number of carbonyl (C=O) groups excluding carboxylic acids is 1. The number of hydrogen-bond acceptors (Lipinski definition) is 2. The number of ketones is 1. The Kier molecular flexibility index (Phi) is 6.39. The quantitative estimate of drug-likeness (QED) is 0.573. The van der Waals surface area contributed by atoms with Crippen LogP contribution in [0.5, 0.6) is 0 Å². The second-order valence-corrected chi connectivity index (χ2v) is 5.68. The van der Waals surface area contributed by atoms with Gasteiger partial charge in [-0.15, -0.1) is 0 Å². The lowest BCUT2D eigenvalue weighted by Gasteiger charge is -2.12. The molecular formula is C20H20F3NO. The van der Waals surface area contributed by atoms with E-state index in [0.717, 1.165) is 24.1 Å². The molecule has 2 rings (SSSR count). The van der Waals surface area contributed by atoms with Crippen LogP contribution in [0.3, 0.4) is 0 Å². The number of Topliss-reactive ketones (excluding diaryl/α,β-unsaturated/α-hetero) is 1. The molecule has 0 aliphatic rings. The molecule has 0 unspecified atom stereocenters. The van der Waals surface area contributed by atoms with Gasteiger partial charge in [-0.2, -0.15) is 13.2 Å². The van der Waals surface area contributed by atoms with Gasteiger partial charge in [0.25, 0.3) is 0 Å². The Morgan fingerprint density at radius 2 is 1.80 bits per heavy atom. The number of allylic oxidation sites excluding steroid dienone is 1. The maximum absolute atomic E-state index is 13.0. The summed E-state index contributed by atoms with van der Waals surface area (Å²) in [7, 11) is 0. The second-order valence-electron chi connectivity index (χ2n) is 5.68. The van der Waals surface area contributed by atoms with E-state index >= 15 is 0 Å². The number of rotatable bonds is 7. The zero-order chi connectivity index (χ0) is 18.3. The number of nitrogens with one attached hydrogen (secondary N) is 1. The minimum atomic E-state index is -4.44. The number of halogens is 3. The molecule has 2 aromatic carbocycles. The van der Waals surface area contributed by atoms with E-state index in [2.05, 4.69) is 5.32 Å². The van der Waals surface area contributed by atoms with Crippen LogP contribution < -0.4 is 5.32 Å². The minimum absolute atomic E-state index is 0.136. The first kappa shape index (κ1) is 18.8. The van der Waals surface area contributed by atoms with Crippen molar-refractivity contribution in [2.75, 3.05) is 6.54 Å². The molecule has 5 heteroatoms. The molecule has 0 saturated heterocycles. The van der Waals surface area contributed by atoms with Crippen LogP contribution in [0.15, 0.2) is 60.8 Å². The Morgan fingerprint density at radius 1 is 1.08 bits per heavy atom. The average Bonchev–Trinajstić information content (AvgIpc) is 2.59. The highest BCUT2D eigenvalue weighted by Crippen LogP contribution is 2.31. The van der Waals surface area contributed by atoms with Gasteiger partial charge in [-0.1, -0.05) is 49.4 Å². The molecule has 132 valence electrons. The van der Waals surface area contributed by atoms with Crippen LogP contribution in [0.4, 0.5) is 13.2 Å². The number of carbonyl (C=O) groups is 1. The monoisotopic (exact) mass is 347 g/mol. The molecule has 0 heterocycles. The van der Waals surface area contributed by atoms with Crippen molar-refractivity contribution in [2.45, 2.75) is 25.9 Å². The molecule has 0 saturated carbocycles. The minimum Gasteiger partial charge on any atom is -0.390 e. The summed E-state index contributed by atoms with van der Waals surface area (Å²) in [6.45, 7) is 2.61. The molecular weight excluding hydrogens is 327 g/mol. The first-order valence-electron chi connectivity index (χ1n) is 8.10. The van der Waals surface area contributed by atoms with Crippen molar-refractivity contribution in [2.24, 2.45) is 0 Å². The SMILES string of the molecule is CCCNC=C(C(=O)Cc1ccccc1)c1cccc(C(F)(F)F)c1. The van der Waals surface area contributed by atoms with Crippen molar-refractivity contribution in [3.05, 3.63) is 77.5 Å². The summed E-state index contributed by atoms with van der Waals surface area (Å²) in [6, 6.07) is 14.0. The molecule has 0 aliphatic carbocycles. The van der Waals surface area contributed by atoms with Crippen molar-refractivity contribution < 1.29 is 18.0 Å². The molecule has 0 bridgehead atoms. The third-order valence-corrected chi connectivity index (χ3v) is 3.65. The van der Waals surface area contributed by atoms with Gasteiger partial charge in [0.05, 0.1) is 5.56 Å². The average molecular weight is 347 g/mol. The summed E-state index contributed by atoms with van der Waals surface area (Å²) < 4.78 is 38.9. The van der Waals surface area contributed by atoms with Crippen LogP contribution in [0.1, 0.15) is 30.0 Å². The standard InChI is InChI=1S/C20H20F3NO/c1-2-11-24-14-18(19(25)12-15-7-4-3-5-8-15)16-9-6-10-17(13-16)20(21,22)23/h3-10,13-14,24H,2,11-12H2,1H3. The lowest BCUT2D eigenvalue weighted by Crippen LogP contribution is -2.13. The maximum Gasteiger partial charge on any atom is 0.416 e. The van der Waals surface area contributed by atoms with Gasteiger partial charge in [0.2, 0.25) is 0 Å². The lowest BCUT2D eigenvalue weighted by molar-refractivity contribution is -0.137. The molecule has 25 heavy (non-hydrogen) atoms. The van der Waals surface area contributed by atoms with Crippen LogP contribution in [0.25, 0.3) is 5.57 Å². The number of alkyl halides is 3. The van der Waals surface area contributed by atoms with Gasteiger partial charge in [0, 0.05) is 24.7 Å². The largest absolute Gasteiger partial charge is 0.416 e. The van der Waals surface area contributed by atoms with Gasteiger partial charge in [0.15, 0.2) is 5.78 Å². The Bertz CT molecular complexity index is 736. The Hall–Kier alpha value is -2.56. The third kappa shape index (κ3) is 5.48. The van der Waals surface area contributed by atoms with Crippen molar-refractivity contribution in [1.82, 2.24) is 5.32 Å². The number of benzene rings is 2. The fourth-order valence-corrected chi connectivity index (χ4v) is 2.38. The highest BCUT2D eigenvalue weighted by molar-refractivity contribution is 6.21. The van der Waals surface area contributed by atoms with Crippen LogP contribution in [0, 0.1) is 0 Å². The summed E-state index contributed by atoms with van der Waals surface area (Å²) in [5.74, 6) is -0.228. The zero-order valence-corrected chi connectivity index (χ0v) is 13.9. The summed E-state index contributed by atoms with van der Waals surface area (Å²) in [4.78, 5) is 12.7. The molecule has 0 fully saturated rings. The van der Waals surface area contributed by atoms with E-state index in [1.54, 1.807) is 0 Å². The molecule has 0 aromatic heterocycles. The molecule has 0 amide bonds. The van der Waals surface area contributed by atoms with Gasteiger partial charge >= 0.3 is 6.18 Å². The fraction of sp³-hybridized carbons (Fsp3) is 0.250. The predicted molar refractivity (Wildman–Crippen MR) is 92.9 cm³/mol. The van der Waals surface area contributed by atoms with Gasteiger partial charge in [-0.3, -0.25) is 4.79 Å². The Balaban J connectivity index is 2.33. The first-order valence-corrected chi connectivity index (χ1v) is 8.10. The van der Waals surface area contributed by atoms with Crippen molar-refractivity contribution in [3.63, 3.8) is 0 Å². The predicted octanol–water partition coefficient (Wildman–Crippen LogP) is 4.86. The van der Waals surface area contributed by atoms with Crippen LogP contribution in [-0.4, -0.2) is 12.3 Å². The summed E-state index contributed by atoms with van der Waals surface area (Å²) in [5, 5.41) is 2.99. The van der Waals surface area contributed by atoms with E-state index in [1.165, 1.54) is 18.3 Å². The normalized spacial score (nSPS) is 12.1.